The molecule has 4 nitrogen and oxygen atoms in total. The highest BCUT2D eigenvalue weighted by atomic mass is 35.5. The lowest BCUT2D eigenvalue weighted by molar-refractivity contribution is 0.0904. The third kappa shape index (κ3) is 2.99. The van der Waals surface area contributed by atoms with Crippen molar-refractivity contribution in [1.82, 2.24) is 5.32 Å². The van der Waals surface area contributed by atoms with Crippen molar-refractivity contribution < 1.29 is 14.0 Å². The molecule has 0 atom stereocenters. The minimum Gasteiger partial charge on any atom is -0.464 e. The van der Waals surface area contributed by atoms with Gasteiger partial charge in [-0.05, 0) is 30.3 Å². The molecule has 1 amide bonds. The predicted octanol–water partition coefficient (Wildman–Crippen LogP) is 3.76. The fourth-order valence-corrected chi connectivity index (χ4v) is 2.81. The summed E-state index contributed by atoms with van der Waals surface area (Å²) in [5.41, 5.74) is 1.71. The number of hydrogen-bond donors (Lipinski definition) is 1. The topological polar surface area (TPSA) is 59.3 Å². The van der Waals surface area contributed by atoms with Crippen molar-refractivity contribution in [3.63, 3.8) is 0 Å². The highest BCUT2D eigenvalue weighted by Crippen LogP contribution is 2.20. The number of furan rings is 1. The number of carbonyl (C=O) groups excluding carboxylic acids is 2. The van der Waals surface area contributed by atoms with Gasteiger partial charge in [0.25, 0.3) is 5.91 Å². The van der Waals surface area contributed by atoms with E-state index in [2.05, 4.69) is 5.32 Å². The van der Waals surface area contributed by atoms with Crippen molar-refractivity contribution >= 4 is 45.6 Å². The Morgan fingerprint density at radius 2 is 2.05 bits per heavy atom. The molecule has 0 saturated carbocycles. The predicted molar refractivity (Wildman–Crippen MR) is 82.2 cm³/mol. The second kappa shape index (κ2) is 5.71. The van der Waals surface area contributed by atoms with Crippen LogP contribution in [0.1, 0.15) is 20.7 Å². The van der Waals surface area contributed by atoms with Gasteiger partial charge in [0.2, 0.25) is 0 Å². The van der Waals surface area contributed by atoms with Crippen molar-refractivity contribution in [2.45, 2.75) is 0 Å². The van der Waals surface area contributed by atoms with Crippen LogP contribution in [0.3, 0.4) is 0 Å². The lowest BCUT2D eigenvalue weighted by atomic mass is 10.1. The van der Waals surface area contributed by atoms with Crippen LogP contribution in [0, 0.1) is 0 Å². The number of hydrogen-bond acceptors (Lipinski definition) is 4. The first kappa shape index (κ1) is 13.9. The van der Waals surface area contributed by atoms with Crippen molar-refractivity contribution in [3.05, 3.63) is 57.4 Å². The first-order valence-electron chi connectivity index (χ1n) is 6.16. The smallest absolute Gasteiger partial charge is 0.251 e. The van der Waals surface area contributed by atoms with Gasteiger partial charge in [-0.1, -0.05) is 11.6 Å². The van der Waals surface area contributed by atoms with Gasteiger partial charge in [0.05, 0.1) is 17.1 Å². The molecular formula is C15H10ClNO3S. The van der Waals surface area contributed by atoms with Gasteiger partial charge >= 0.3 is 0 Å². The summed E-state index contributed by atoms with van der Waals surface area (Å²) < 4.78 is 5.76. The van der Waals surface area contributed by atoms with Crippen LogP contribution in [0.4, 0.5) is 0 Å². The maximum Gasteiger partial charge on any atom is 0.251 e. The maximum absolute atomic E-state index is 12.0. The Hall–Kier alpha value is -2.11. The average molecular weight is 320 g/mol. The van der Waals surface area contributed by atoms with Gasteiger partial charge in [0.15, 0.2) is 5.78 Å². The molecule has 0 aliphatic carbocycles. The number of halogens is 1. The Labute approximate surface area is 129 Å². The largest absolute Gasteiger partial charge is 0.464 e. The van der Waals surface area contributed by atoms with E-state index in [0.717, 1.165) is 11.0 Å². The number of Topliss-reactive ketones (excluding diaryl/α,β-unsaturated/α-hetero) is 1. The summed E-state index contributed by atoms with van der Waals surface area (Å²) in [5, 5.41) is 5.13. The second-order valence-corrected chi connectivity index (χ2v) is 5.96. The van der Waals surface area contributed by atoms with Crippen molar-refractivity contribution in [2.75, 3.05) is 6.54 Å². The van der Waals surface area contributed by atoms with E-state index >= 15 is 0 Å². The SMILES string of the molecule is O=C(CNC(=O)c1ccc2occc2c1)c1csc(Cl)c1. The van der Waals surface area contributed by atoms with E-state index in [1.165, 1.54) is 11.3 Å². The number of benzene rings is 1. The van der Waals surface area contributed by atoms with Gasteiger partial charge in [0.1, 0.15) is 5.58 Å². The lowest BCUT2D eigenvalue weighted by Gasteiger charge is -2.04. The zero-order valence-corrected chi connectivity index (χ0v) is 12.3. The molecule has 0 spiro atoms. The van der Waals surface area contributed by atoms with Gasteiger partial charge in [-0.3, -0.25) is 9.59 Å². The van der Waals surface area contributed by atoms with Gasteiger partial charge in [-0.2, -0.15) is 0 Å². The molecule has 106 valence electrons. The van der Waals surface area contributed by atoms with Crippen LogP contribution >= 0.6 is 22.9 Å². The molecular weight excluding hydrogens is 310 g/mol. The van der Waals surface area contributed by atoms with Gasteiger partial charge in [0, 0.05) is 21.9 Å². The maximum atomic E-state index is 12.0. The van der Waals surface area contributed by atoms with E-state index in [1.54, 1.807) is 42.0 Å². The number of ketones is 1. The molecule has 2 heterocycles. The van der Waals surface area contributed by atoms with E-state index < -0.39 is 0 Å². The lowest BCUT2D eigenvalue weighted by Crippen LogP contribution is -2.29. The van der Waals surface area contributed by atoms with Crippen LogP contribution in [-0.2, 0) is 0 Å². The minimum absolute atomic E-state index is 0.0602. The number of nitrogens with one attached hydrogen (secondary N) is 1. The van der Waals surface area contributed by atoms with E-state index in [4.69, 9.17) is 16.0 Å². The van der Waals surface area contributed by atoms with Crippen LogP contribution in [0.5, 0.6) is 0 Å². The van der Waals surface area contributed by atoms with Crippen LogP contribution in [-0.4, -0.2) is 18.2 Å². The van der Waals surface area contributed by atoms with Crippen LogP contribution < -0.4 is 5.32 Å². The third-order valence-corrected chi connectivity index (χ3v) is 4.10. The first-order chi connectivity index (χ1) is 10.1. The molecule has 0 aliphatic heterocycles. The zero-order valence-electron chi connectivity index (χ0n) is 10.8. The Morgan fingerprint density at radius 3 is 2.81 bits per heavy atom. The Kier molecular flexibility index (Phi) is 3.77. The molecule has 0 fully saturated rings. The second-order valence-electron chi connectivity index (χ2n) is 4.42. The summed E-state index contributed by atoms with van der Waals surface area (Å²) in [6, 6.07) is 8.49. The highest BCUT2D eigenvalue weighted by Gasteiger charge is 2.12. The summed E-state index contributed by atoms with van der Waals surface area (Å²) in [6.45, 7) is -0.0602. The molecule has 3 aromatic rings. The fourth-order valence-electron chi connectivity index (χ4n) is 1.93. The minimum atomic E-state index is -0.298. The molecule has 0 saturated heterocycles. The van der Waals surface area contributed by atoms with Gasteiger partial charge in [-0.25, -0.2) is 0 Å². The number of thiophene rings is 1. The van der Waals surface area contributed by atoms with Gasteiger partial charge in [-0.15, -0.1) is 11.3 Å². The fraction of sp³-hybridized carbons (Fsp3) is 0.0667. The monoisotopic (exact) mass is 319 g/mol. The standard InChI is InChI=1S/C15H10ClNO3S/c16-14-6-11(8-21-14)12(18)7-17-15(19)10-1-2-13-9(5-10)3-4-20-13/h1-6,8H,7H2,(H,17,19). The highest BCUT2D eigenvalue weighted by molar-refractivity contribution is 7.14. The molecule has 1 N–H and O–H groups in total. The Bertz CT molecular complexity index is 821. The molecule has 0 unspecified atom stereocenters. The molecule has 0 aliphatic rings. The molecule has 1 aromatic carbocycles. The zero-order chi connectivity index (χ0) is 14.8. The van der Waals surface area contributed by atoms with Crippen LogP contribution in [0.2, 0.25) is 4.34 Å². The van der Waals surface area contributed by atoms with E-state index in [1.807, 2.05) is 0 Å². The summed E-state index contributed by atoms with van der Waals surface area (Å²) in [4.78, 5) is 23.9. The van der Waals surface area contributed by atoms with Crippen LogP contribution in [0.15, 0.2) is 46.4 Å². The van der Waals surface area contributed by atoms with Crippen molar-refractivity contribution in [2.24, 2.45) is 0 Å². The number of amides is 1. The normalized spacial score (nSPS) is 10.7. The Morgan fingerprint density at radius 1 is 1.19 bits per heavy atom. The summed E-state index contributed by atoms with van der Waals surface area (Å²) in [7, 11) is 0. The quantitative estimate of drug-likeness (QED) is 0.745. The first-order valence-corrected chi connectivity index (χ1v) is 7.42. The molecule has 0 bridgehead atoms. The Balaban J connectivity index is 1.67. The number of fused-ring (bicyclic) bond motifs is 1. The molecule has 21 heavy (non-hydrogen) atoms. The number of carbonyl (C=O) groups is 2. The van der Waals surface area contributed by atoms with Crippen molar-refractivity contribution in [1.29, 1.82) is 0 Å². The molecule has 2 aromatic heterocycles. The average Bonchev–Trinajstić information content (AvgIpc) is 3.12. The van der Waals surface area contributed by atoms with E-state index in [-0.39, 0.29) is 18.2 Å². The van der Waals surface area contributed by atoms with Gasteiger partial charge < -0.3 is 9.73 Å². The molecule has 6 heteroatoms. The summed E-state index contributed by atoms with van der Waals surface area (Å²) >= 11 is 7.07. The third-order valence-electron chi connectivity index (χ3n) is 3.01. The summed E-state index contributed by atoms with van der Waals surface area (Å²) in [5.74, 6) is -0.469. The summed E-state index contributed by atoms with van der Waals surface area (Å²) in [6.07, 6.45) is 1.57. The molecule has 3 rings (SSSR count). The molecule has 0 radical (unpaired) electrons. The van der Waals surface area contributed by atoms with E-state index in [9.17, 15) is 9.59 Å². The van der Waals surface area contributed by atoms with Crippen LogP contribution in [0.25, 0.3) is 11.0 Å². The van der Waals surface area contributed by atoms with Crippen molar-refractivity contribution in [3.8, 4) is 0 Å². The number of rotatable bonds is 4. The van der Waals surface area contributed by atoms with E-state index in [0.29, 0.717) is 15.5 Å².